The predicted octanol–water partition coefficient (Wildman–Crippen LogP) is 5.59. The lowest BCUT2D eigenvalue weighted by atomic mass is 9.77. The zero-order valence-corrected chi connectivity index (χ0v) is 14.6. The Hall–Kier alpha value is -0.240. The van der Waals surface area contributed by atoms with Gasteiger partial charge in [0, 0.05) is 6.54 Å². The fourth-order valence-electron chi connectivity index (χ4n) is 2.52. The molecule has 0 spiro atoms. The molecule has 1 aromatic rings. The molecule has 0 amide bonds. The number of hydrogen-bond acceptors (Lipinski definition) is 1. The van der Waals surface area contributed by atoms with Crippen LogP contribution in [0.15, 0.2) is 18.2 Å². The van der Waals surface area contributed by atoms with Gasteiger partial charge in [0.25, 0.3) is 0 Å². The van der Waals surface area contributed by atoms with E-state index in [1.54, 1.807) is 0 Å². The molecule has 0 atom stereocenters. The first-order valence-corrected chi connectivity index (χ1v) is 8.32. The second-order valence-electron chi connectivity index (χ2n) is 6.16. The maximum atomic E-state index is 6.13. The first kappa shape index (κ1) is 17.8. The van der Waals surface area contributed by atoms with E-state index in [1.807, 2.05) is 12.1 Å². The quantitative estimate of drug-likeness (QED) is 0.659. The van der Waals surface area contributed by atoms with Crippen molar-refractivity contribution in [2.75, 3.05) is 13.1 Å². The van der Waals surface area contributed by atoms with Gasteiger partial charge in [-0.05, 0) is 54.8 Å². The molecule has 0 fully saturated rings. The molecule has 0 radical (unpaired) electrons. The van der Waals surface area contributed by atoms with Crippen molar-refractivity contribution in [3.05, 3.63) is 33.8 Å². The van der Waals surface area contributed by atoms with Crippen molar-refractivity contribution in [2.45, 2.75) is 47.0 Å². The number of halogens is 2. The van der Waals surface area contributed by atoms with Crippen molar-refractivity contribution in [1.29, 1.82) is 0 Å². The average Bonchev–Trinajstić information content (AvgIpc) is 2.41. The maximum absolute atomic E-state index is 6.13. The van der Waals surface area contributed by atoms with Crippen LogP contribution >= 0.6 is 23.2 Å². The molecule has 0 aliphatic rings. The van der Waals surface area contributed by atoms with E-state index < -0.39 is 0 Å². The van der Waals surface area contributed by atoms with Crippen molar-refractivity contribution in [2.24, 2.45) is 11.3 Å². The van der Waals surface area contributed by atoms with Gasteiger partial charge in [0.1, 0.15) is 0 Å². The Morgan fingerprint density at radius 2 is 1.75 bits per heavy atom. The fraction of sp³-hybridized carbons (Fsp3) is 0.647. The van der Waals surface area contributed by atoms with Gasteiger partial charge in [0.05, 0.1) is 10.0 Å². The lowest BCUT2D eigenvalue weighted by Gasteiger charge is -2.33. The second kappa shape index (κ2) is 8.26. The third-order valence-electron chi connectivity index (χ3n) is 4.12. The zero-order chi connectivity index (χ0) is 15.2. The summed E-state index contributed by atoms with van der Waals surface area (Å²) < 4.78 is 0. The second-order valence-corrected chi connectivity index (χ2v) is 6.97. The van der Waals surface area contributed by atoms with Gasteiger partial charge in [0.15, 0.2) is 0 Å². The molecule has 0 aliphatic heterocycles. The standard InChI is InChI=1S/C17H27Cl2N/c1-5-17(6-2,12-20-11-13(3)4)10-14-7-8-15(18)16(19)9-14/h7-9,13,20H,5-6,10-12H2,1-4H3. The van der Waals surface area contributed by atoms with Gasteiger partial charge in [-0.25, -0.2) is 0 Å². The Labute approximate surface area is 134 Å². The largest absolute Gasteiger partial charge is 0.316 e. The lowest BCUT2D eigenvalue weighted by Crippen LogP contribution is -2.37. The molecule has 0 heterocycles. The summed E-state index contributed by atoms with van der Waals surface area (Å²) in [6.07, 6.45) is 3.37. The maximum Gasteiger partial charge on any atom is 0.0595 e. The molecule has 1 nitrogen and oxygen atoms in total. The molecular weight excluding hydrogens is 289 g/mol. The van der Waals surface area contributed by atoms with Crippen molar-refractivity contribution >= 4 is 23.2 Å². The van der Waals surface area contributed by atoms with Gasteiger partial charge in [-0.15, -0.1) is 0 Å². The number of hydrogen-bond donors (Lipinski definition) is 1. The summed E-state index contributed by atoms with van der Waals surface area (Å²) in [6, 6.07) is 6.00. The van der Waals surface area contributed by atoms with Gasteiger partial charge in [-0.3, -0.25) is 0 Å². The zero-order valence-electron chi connectivity index (χ0n) is 13.1. The molecule has 20 heavy (non-hydrogen) atoms. The molecule has 1 rings (SSSR count). The number of nitrogens with one attached hydrogen (secondary N) is 1. The molecule has 0 saturated carbocycles. The van der Waals surface area contributed by atoms with E-state index in [0.29, 0.717) is 21.4 Å². The highest BCUT2D eigenvalue weighted by molar-refractivity contribution is 6.42. The van der Waals surface area contributed by atoms with Crippen LogP contribution in [0.3, 0.4) is 0 Å². The van der Waals surface area contributed by atoms with Crippen LogP contribution in [-0.2, 0) is 6.42 Å². The molecule has 0 saturated heterocycles. The van der Waals surface area contributed by atoms with Gasteiger partial charge in [-0.2, -0.15) is 0 Å². The third kappa shape index (κ3) is 5.27. The van der Waals surface area contributed by atoms with Crippen LogP contribution in [0.2, 0.25) is 10.0 Å². The minimum atomic E-state index is 0.298. The van der Waals surface area contributed by atoms with Crippen LogP contribution in [0.5, 0.6) is 0 Å². The summed E-state index contributed by atoms with van der Waals surface area (Å²) in [5.41, 5.74) is 1.57. The third-order valence-corrected chi connectivity index (χ3v) is 4.85. The van der Waals surface area contributed by atoms with Crippen LogP contribution in [0.1, 0.15) is 46.1 Å². The van der Waals surface area contributed by atoms with Gasteiger partial charge in [-0.1, -0.05) is 57.0 Å². The van der Waals surface area contributed by atoms with E-state index in [1.165, 1.54) is 5.56 Å². The molecule has 0 aliphatic carbocycles. The Balaban J connectivity index is 2.76. The van der Waals surface area contributed by atoms with Crippen LogP contribution in [0.25, 0.3) is 0 Å². The SMILES string of the molecule is CCC(CC)(CNCC(C)C)Cc1ccc(Cl)c(Cl)c1. The van der Waals surface area contributed by atoms with E-state index in [4.69, 9.17) is 23.2 Å². The first-order chi connectivity index (χ1) is 9.42. The summed E-state index contributed by atoms with van der Waals surface area (Å²) in [5, 5.41) is 4.90. The van der Waals surface area contributed by atoms with Crippen molar-refractivity contribution in [1.82, 2.24) is 5.32 Å². The van der Waals surface area contributed by atoms with Crippen LogP contribution in [0.4, 0.5) is 0 Å². The molecule has 0 aromatic heterocycles. The van der Waals surface area contributed by atoms with Crippen molar-refractivity contribution in [3.8, 4) is 0 Å². The lowest BCUT2D eigenvalue weighted by molar-refractivity contribution is 0.243. The van der Waals surface area contributed by atoms with Crippen molar-refractivity contribution < 1.29 is 0 Å². The summed E-state index contributed by atoms with van der Waals surface area (Å²) in [4.78, 5) is 0. The topological polar surface area (TPSA) is 12.0 Å². The van der Waals surface area contributed by atoms with E-state index in [0.717, 1.165) is 32.4 Å². The van der Waals surface area contributed by atoms with Gasteiger partial charge in [0.2, 0.25) is 0 Å². The molecule has 1 aromatic carbocycles. The summed E-state index contributed by atoms with van der Waals surface area (Å²) in [7, 11) is 0. The van der Waals surface area contributed by atoms with E-state index in [2.05, 4.69) is 39.1 Å². The van der Waals surface area contributed by atoms with Gasteiger partial charge >= 0.3 is 0 Å². The van der Waals surface area contributed by atoms with Crippen LogP contribution < -0.4 is 5.32 Å². The highest BCUT2D eigenvalue weighted by Crippen LogP contribution is 2.32. The number of rotatable bonds is 8. The molecular formula is C17H27Cl2N. The first-order valence-electron chi connectivity index (χ1n) is 7.57. The summed E-state index contributed by atoms with van der Waals surface area (Å²) in [6.45, 7) is 11.2. The van der Waals surface area contributed by atoms with Crippen LogP contribution in [-0.4, -0.2) is 13.1 Å². The van der Waals surface area contributed by atoms with E-state index >= 15 is 0 Å². The van der Waals surface area contributed by atoms with E-state index in [9.17, 15) is 0 Å². The summed E-state index contributed by atoms with van der Waals surface area (Å²) in [5.74, 6) is 0.686. The van der Waals surface area contributed by atoms with Crippen LogP contribution in [0, 0.1) is 11.3 Å². The number of benzene rings is 1. The minimum Gasteiger partial charge on any atom is -0.316 e. The van der Waals surface area contributed by atoms with Gasteiger partial charge < -0.3 is 5.32 Å². The Kier molecular flexibility index (Phi) is 7.36. The molecule has 0 unspecified atom stereocenters. The normalized spacial score (nSPS) is 12.2. The monoisotopic (exact) mass is 315 g/mol. The Morgan fingerprint density at radius 3 is 2.25 bits per heavy atom. The smallest absolute Gasteiger partial charge is 0.0595 e. The highest BCUT2D eigenvalue weighted by atomic mass is 35.5. The highest BCUT2D eigenvalue weighted by Gasteiger charge is 2.26. The Bertz CT molecular complexity index is 411. The predicted molar refractivity (Wildman–Crippen MR) is 90.9 cm³/mol. The Morgan fingerprint density at radius 1 is 1.10 bits per heavy atom. The van der Waals surface area contributed by atoms with E-state index in [-0.39, 0.29) is 0 Å². The summed E-state index contributed by atoms with van der Waals surface area (Å²) >= 11 is 12.1. The average molecular weight is 316 g/mol. The molecule has 0 bridgehead atoms. The fourth-order valence-corrected chi connectivity index (χ4v) is 2.84. The molecule has 3 heteroatoms. The molecule has 1 N–H and O–H groups in total. The minimum absolute atomic E-state index is 0.298. The van der Waals surface area contributed by atoms with Crippen molar-refractivity contribution in [3.63, 3.8) is 0 Å². The molecule has 114 valence electrons.